The standard InChI is InChI=1S/C24H21NO4S2/c1-17-4-8-19(9-5-17)28-13-14-29-20-10-6-18(7-11-20)15-22-23(26)25(24(30)31-22)16-21-3-2-12-27-21/h2-12,15H,13-14,16H2,1H3/b22-15+. The number of carbonyl (C=O) groups is 1. The maximum absolute atomic E-state index is 12.7. The van der Waals surface area contributed by atoms with E-state index in [1.807, 2.05) is 67.6 Å². The first-order valence-electron chi connectivity index (χ1n) is 9.78. The number of thioether (sulfide) groups is 1. The van der Waals surface area contributed by atoms with Crippen LogP contribution in [0.1, 0.15) is 16.9 Å². The number of amides is 1. The quantitative estimate of drug-likeness (QED) is 0.258. The highest BCUT2D eigenvalue weighted by Crippen LogP contribution is 2.33. The summed E-state index contributed by atoms with van der Waals surface area (Å²) in [6, 6.07) is 19.1. The first kappa shape index (κ1) is 21.2. The molecule has 5 nitrogen and oxygen atoms in total. The third-order valence-corrected chi connectivity index (χ3v) is 5.97. The van der Waals surface area contributed by atoms with E-state index < -0.39 is 0 Å². The lowest BCUT2D eigenvalue weighted by Gasteiger charge is -2.12. The van der Waals surface area contributed by atoms with Gasteiger partial charge in [0.2, 0.25) is 0 Å². The van der Waals surface area contributed by atoms with Crippen LogP contribution in [-0.2, 0) is 11.3 Å². The summed E-state index contributed by atoms with van der Waals surface area (Å²) in [6.45, 7) is 3.28. The number of thiocarbonyl (C=S) groups is 1. The zero-order valence-corrected chi connectivity index (χ0v) is 18.6. The van der Waals surface area contributed by atoms with E-state index in [4.69, 9.17) is 26.1 Å². The first-order chi connectivity index (χ1) is 15.1. The van der Waals surface area contributed by atoms with Crippen LogP contribution in [0.5, 0.6) is 11.5 Å². The van der Waals surface area contributed by atoms with Crippen LogP contribution in [0.2, 0.25) is 0 Å². The van der Waals surface area contributed by atoms with E-state index in [1.54, 1.807) is 17.2 Å². The molecule has 0 N–H and O–H groups in total. The molecule has 1 amide bonds. The van der Waals surface area contributed by atoms with E-state index in [9.17, 15) is 4.79 Å². The molecule has 1 saturated heterocycles. The number of nitrogens with zero attached hydrogens (tertiary/aromatic N) is 1. The van der Waals surface area contributed by atoms with Crippen molar-refractivity contribution < 1.29 is 18.7 Å². The topological polar surface area (TPSA) is 51.9 Å². The van der Waals surface area contributed by atoms with Crippen molar-refractivity contribution >= 4 is 40.3 Å². The van der Waals surface area contributed by atoms with Crippen molar-refractivity contribution in [2.75, 3.05) is 13.2 Å². The number of furan rings is 1. The minimum Gasteiger partial charge on any atom is -0.490 e. The average molecular weight is 452 g/mol. The third-order valence-electron chi connectivity index (χ3n) is 4.59. The normalized spacial score (nSPS) is 15.0. The van der Waals surface area contributed by atoms with Crippen LogP contribution < -0.4 is 9.47 Å². The molecule has 1 aromatic heterocycles. The van der Waals surface area contributed by atoms with Crippen LogP contribution in [0.25, 0.3) is 6.08 Å². The number of benzene rings is 2. The van der Waals surface area contributed by atoms with Crippen molar-refractivity contribution in [1.29, 1.82) is 0 Å². The first-order valence-corrected chi connectivity index (χ1v) is 11.0. The molecule has 158 valence electrons. The fraction of sp³-hybridized carbons (Fsp3) is 0.167. The predicted octanol–water partition coefficient (Wildman–Crippen LogP) is 5.45. The van der Waals surface area contributed by atoms with Gasteiger partial charge >= 0.3 is 0 Å². The summed E-state index contributed by atoms with van der Waals surface area (Å²) in [4.78, 5) is 14.8. The van der Waals surface area contributed by atoms with Gasteiger partial charge in [-0.15, -0.1) is 0 Å². The molecule has 0 aliphatic carbocycles. The summed E-state index contributed by atoms with van der Waals surface area (Å²) in [5.41, 5.74) is 2.10. The third kappa shape index (κ3) is 5.57. The van der Waals surface area contributed by atoms with E-state index in [0.29, 0.717) is 34.7 Å². The number of hydrogen-bond donors (Lipinski definition) is 0. The summed E-state index contributed by atoms with van der Waals surface area (Å²) in [7, 11) is 0. The smallest absolute Gasteiger partial charge is 0.266 e. The van der Waals surface area contributed by atoms with Gasteiger partial charge in [0.1, 0.15) is 34.8 Å². The molecule has 3 aromatic rings. The van der Waals surface area contributed by atoms with Crippen LogP contribution in [-0.4, -0.2) is 28.3 Å². The van der Waals surface area contributed by atoms with E-state index >= 15 is 0 Å². The fourth-order valence-electron chi connectivity index (χ4n) is 2.96. The highest BCUT2D eigenvalue weighted by atomic mass is 32.2. The second-order valence-electron chi connectivity index (χ2n) is 6.93. The second-order valence-corrected chi connectivity index (χ2v) is 8.60. The lowest BCUT2D eigenvalue weighted by atomic mass is 10.2. The minimum atomic E-state index is -0.111. The molecule has 2 heterocycles. The van der Waals surface area contributed by atoms with Crippen molar-refractivity contribution in [3.8, 4) is 11.5 Å². The fourth-order valence-corrected chi connectivity index (χ4v) is 4.21. The molecule has 0 bridgehead atoms. The zero-order valence-electron chi connectivity index (χ0n) is 16.9. The van der Waals surface area contributed by atoms with E-state index in [2.05, 4.69) is 0 Å². The Balaban J connectivity index is 1.29. The van der Waals surface area contributed by atoms with Gasteiger partial charge in [0.05, 0.1) is 17.7 Å². The summed E-state index contributed by atoms with van der Waals surface area (Å²) in [5, 5.41) is 0. The van der Waals surface area contributed by atoms with Gasteiger partial charge in [0.15, 0.2) is 0 Å². The summed E-state index contributed by atoms with van der Waals surface area (Å²) < 4.78 is 17.3. The molecule has 0 saturated carbocycles. The van der Waals surface area contributed by atoms with Crippen molar-refractivity contribution in [1.82, 2.24) is 4.90 Å². The zero-order chi connectivity index (χ0) is 21.6. The van der Waals surface area contributed by atoms with Gasteiger partial charge in [0.25, 0.3) is 5.91 Å². The van der Waals surface area contributed by atoms with Gasteiger partial charge < -0.3 is 13.9 Å². The molecule has 0 unspecified atom stereocenters. The molecule has 1 aliphatic rings. The molecule has 2 aromatic carbocycles. The van der Waals surface area contributed by atoms with Gasteiger partial charge in [-0.1, -0.05) is 53.8 Å². The van der Waals surface area contributed by atoms with Crippen LogP contribution in [0.15, 0.2) is 76.2 Å². The van der Waals surface area contributed by atoms with Crippen LogP contribution in [0.3, 0.4) is 0 Å². The largest absolute Gasteiger partial charge is 0.490 e. The number of ether oxygens (including phenoxy) is 2. The highest BCUT2D eigenvalue weighted by Gasteiger charge is 2.32. The Kier molecular flexibility index (Phi) is 6.74. The highest BCUT2D eigenvalue weighted by molar-refractivity contribution is 8.26. The lowest BCUT2D eigenvalue weighted by Crippen LogP contribution is -2.27. The van der Waals surface area contributed by atoms with Gasteiger partial charge in [-0.2, -0.15) is 0 Å². The molecule has 7 heteroatoms. The molecular weight excluding hydrogens is 430 g/mol. The van der Waals surface area contributed by atoms with E-state index in [1.165, 1.54) is 17.3 Å². The van der Waals surface area contributed by atoms with Crippen LogP contribution in [0.4, 0.5) is 0 Å². The molecule has 1 aliphatic heterocycles. The second kappa shape index (κ2) is 9.85. The Morgan fingerprint density at radius 3 is 2.26 bits per heavy atom. The monoisotopic (exact) mass is 451 g/mol. The van der Waals surface area contributed by atoms with Gasteiger partial charge in [-0.05, 0) is 55.0 Å². The SMILES string of the molecule is Cc1ccc(OCCOc2ccc(/C=C3/SC(=S)N(Cc4ccco4)C3=O)cc2)cc1. The molecule has 1 fully saturated rings. The number of hydrogen-bond acceptors (Lipinski definition) is 6. The Bertz CT molecular complexity index is 1070. The molecule has 4 rings (SSSR count). The van der Waals surface area contributed by atoms with Gasteiger partial charge in [-0.3, -0.25) is 9.69 Å². The maximum atomic E-state index is 12.7. The Morgan fingerprint density at radius 1 is 1.00 bits per heavy atom. The predicted molar refractivity (Wildman–Crippen MR) is 126 cm³/mol. The summed E-state index contributed by atoms with van der Waals surface area (Å²) in [5.74, 6) is 2.16. The number of rotatable bonds is 8. The number of carbonyl (C=O) groups excluding carboxylic acids is 1. The molecule has 31 heavy (non-hydrogen) atoms. The Morgan fingerprint density at radius 2 is 1.65 bits per heavy atom. The Labute approximate surface area is 190 Å². The average Bonchev–Trinajstić information content (AvgIpc) is 3.38. The molecule has 0 radical (unpaired) electrons. The molecule has 0 spiro atoms. The summed E-state index contributed by atoms with van der Waals surface area (Å²) in [6.07, 6.45) is 3.42. The lowest BCUT2D eigenvalue weighted by molar-refractivity contribution is -0.122. The maximum Gasteiger partial charge on any atom is 0.266 e. The van der Waals surface area contributed by atoms with Crippen molar-refractivity contribution in [3.63, 3.8) is 0 Å². The van der Waals surface area contributed by atoms with Crippen molar-refractivity contribution in [2.45, 2.75) is 13.5 Å². The van der Waals surface area contributed by atoms with Crippen molar-refractivity contribution in [2.24, 2.45) is 0 Å². The Hall–Kier alpha value is -3.03. The molecule has 0 atom stereocenters. The van der Waals surface area contributed by atoms with E-state index in [-0.39, 0.29) is 5.91 Å². The summed E-state index contributed by atoms with van der Waals surface area (Å²) >= 11 is 6.66. The molecular formula is C24H21NO4S2. The van der Waals surface area contributed by atoms with Crippen molar-refractivity contribution in [3.05, 3.63) is 88.7 Å². The van der Waals surface area contributed by atoms with Crippen LogP contribution in [0, 0.1) is 6.92 Å². The van der Waals surface area contributed by atoms with E-state index in [0.717, 1.165) is 17.1 Å². The minimum absolute atomic E-state index is 0.111. The van der Waals surface area contributed by atoms with Gasteiger partial charge in [-0.25, -0.2) is 0 Å². The van der Waals surface area contributed by atoms with Gasteiger partial charge in [0, 0.05) is 0 Å². The number of aryl methyl sites for hydroxylation is 1. The van der Waals surface area contributed by atoms with Crippen LogP contribution >= 0.6 is 24.0 Å².